The van der Waals surface area contributed by atoms with Crippen LogP contribution in [0.3, 0.4) is 0 Å². The Morgan fingerprint density at radius 2 is 1.97 bits per heavy atom. The number of aromatic nitrogens is 3. The monoisotopic (exact) mass is 420 g/mol. The molecule has 29 heavy (non-hydrogen) atoms. The van der Waals surface area contributed by atoms with Crippen molar-refractivity contribution in [2.24, 2.45) is 0 Å². The number of pyridine rings is 1. The largest absolute Gasteiger partial charge is 0.371 e. The van der Waals surface area contributed by atoms with Crippen molar-refractivity contribution >= 4 is 24.3 Å². The summed E-state index contributed by atoms with van der Waals surface area (Å²) in [5.74, 6) is -0.0408. The van der Waals surface area contributed by atoms with E-state index in [2.05, 4.69) is 30.8 Å². The third-order valence-corrected chi connectivity index (χ3v) is 5.43. The van der Waals surface area contributed by atoms with E-state index in [-0.39, 0.29) is 23.6 Å². The first-order valence-corrected chi connectivity index (χ1v) is 9.44. The van der Waals surface area contributed by atoms with Crippen LogP contribution in [0.1, 0.15) is 28.8 Å². The molecule has 2 saturated heterocycles. The second-order valence-corrected chi connectivity index (χ2v) is 7.30. The number of anilines is 1. The van der Waals surface area contributed by atoms with Gasteiger partial charge in [0.25, 0.3) is 5.91 Å². The number of amides is 1. The van der Waals surface area contributed by atoms with E-state index < -0.39 is 5.91 Å². The van der Waals surface area contributed by atoms with Crippen molar-refractivity contribution in [2.75, 3.05) is 37.7 Å². The van der Waals surface area contributed by atoms with Crippen molar-refractivity contribution in [2.45, 2.75) is 25.0 Å². The van der Waals surface area contributed by atoms with E-state index in [4.69, 9.17) is 9.94 Å². The Morgan fingerprint density at radius 3 is 2.62 bits per heavy atom. The minimum Gasteiger partial charge on any atom is -0.371 e. The fourth-order valence-electron chi connectivity index (χ4n) is 3.85. The zero-order chi connectivity index (χ0) is 19.4. The second kappa shape index (κ2) is 9.45. The summed E-state index contributed by atoms with van der Waals surface area (Å²) in [6.07, 6.45) is 8.47. The smallest absolute Gasteiger partial charge is 0.277 e. The van der Waals surface area contributed by atoms with Gasteiger partial charge in [-0.3, -0.25) is 19.9 Å². The summed E-state index contributed by atoms with van der Waals surface area (Å²) < 4.78 is 6.20. The molecule has 10 heteroatoms. The van der Waals surface area contributed by atoms with Crippen LogP contribution in [0, 0.1) is 0 Å². The number of piperidine rings is 1. The molecule has 4 heterocycles. The first-order valence-electron chi connectivity index (χ1n) is 9.44. The Morgan fingerprint density at radius 1 is 1.21 bits per heavy atom. The fraction of sp³-hybridized carbons (Fsp3) is 0.474. The number of carbonyl (C=O) groups excluding carboxylic acids is 1. The maximum Gasteiger partial charge on any atom is 0.277 e. The lowest BCUT2D eigenvalue weighted by atomic mass is 9.89. The van der Waals surface area contributed by atoms with Crippen LogP contribution in [0.4, 0.5) is 5.95 Å². The van der Waals surface area contributed by atoms with E-state index in [1.165, 1.54) is 18.0 Å². The highest BCUT2D eigenvalue weighted by molar-refractivity contribution is 5.92. The number of nitrogens with one attached hydrogen (secondary N) is 1. The molecule has 0 aliphatic carbocycles. The SMILES string of the molecule is Cl.O=C(NO)c1cnc(N2CCOC3(CCN(Cc4cccnc4)CC3)C2)nc1. The van der Waals surface area contributed by atoms with E-state index in [1.54, 1.807) is 11.7 Å². The van der Waals surface area contributed by atoms with Gasteiger partial charge in [-0.15, -0.1) is 12.4 Å². The molecule has 2 aromatic rings. The minimum atomic E-state index is -0.619. The summed E-state index contributed by atoms with van der Waals surface area (Å²) >= 11 is 0. The molecule has 2 N–H and O–H groups in total. The molecule has 0 unspecified atom stereocenters. The van der Waals surface area contributed by atoms with Gasteiger partial charge in [0, 0.05) is 51.0 Å². The summed E-state index contributed by atoms with van der Waals surface area (Å²) in [6.45, 7) is 4.93. The van der Waals surface area contributed by atoms with E-state index in [1.807, 2.05) is 12.3 Å². The average molecular weight is 421 g/mol. The quantitative estimate of drug-likeness (QED) is 0.563. The zero-order valence-electron chi connectivity index (χ0n) is 16.0. The number of hydroxylamine groups is 1. The second-order valence-electron chi connectivity index (χ2n) is 7.30. The van der Waals surface area contributed by atoms with Crippen LogP contribution >= 0.6 is 12.4 Å². The maximum atomic E-state index is 11.4. The number of ether oxygens (including phenoxy) is 1. The first kappa shape index (κ1) is 21.4. The van der Waals surface area contributed by atoms with E-state index in [0.717, 1.165) is 39.0 Å². The lowest BCUT2D eigenvalue weighted by Crippen LogP contribution is -2.57. The summed E-state index contributed by atoms with van der Waals surface area (Å²) in [5, 5.41) is 8.70. The molecule has 2 aliphatic heterocycles. The van der Waals surface area contributed by atoms with Crippen LogP contribution in [0.25, 0.3) is 0 Å². The van der Waals surface area contributed by atoms with Crippen LogP contribution in [0.5, 0.6) is 0 Å². The van der Waals surface area contributed by atoms with Crippen LogP contribution < -0.4 is 10.4 Å². The number of hydrogen-bond donors (Lipinski definition) is 2. The molecule has 0 radical (unpaired) electrons. The van der Waals surface area contributed by atoms with E-state index in [9.17, 15) is 4.79 Å². The van der Waals surface area contributed by atoms with Crippen molar-refractivity contribution < 1.29 is 14.7 Å². The first-order chi connectivity index (χ1) is 13.7. The highest BCUT2D eigenvalue weighted by Crippen LogP contribution is 2.31. The molecule has 156 valence electrons. The van der Waals surface area contributed by atoms with Crippen LogP contribution in [0.15, 0.2) is 36.9 Å². The molecule has 4 rings (SSSR count). The van der Waals surface area contributed by atoms with Gasteiger partial charge >= 0.3 is 0 Å². The number of likely N-dealkylation sites (tertiary alicyclic amines) is 1. The molecule has 1 spiro atoms. The van der Waals surface area contributed by atoms with Crippen molar-refractivity contribution in [3.05, 3.63) is 48.0 Å². The molecule has 0 bridgehead atoms. The third-order valence-electron chi connectivity index (χ3n) is 5.43. The standard InChI is InChI=1S/C19H24N6O3.ClH/c26-17(23-27)16-11-21-18(22-12-16)25-8-9-28-19(14-25)3-6-24(7-4-19)13-15-2-1-5-20-10-15;/h1-2,5,10-12,27H,3-4,6-9,13-14H2,(H,23,26);1H. The van der Waals surface area contributed by atoms with Gasteiger partial charge in [-0.2, -0.15) is 0 Å². The zero-order valence-corrected chi connectivity index (χ0v) is 16.8. The molecular weight excluding hydrogens is 396 g/mol. The van der Waals surface area contributed by atoms with Crippen molar-refractivity contribution in [1.29, 1.82) is 0 Å². The van der Waals surface area contributed by atoms with Gasteiger partial charge in [0.15, 0.2) is 0 Å². The Balaban J connectivity index is 0.00000240. The van der Waals surface area contributed by atoms with E-state index >= 15 is 0 Å². The topological polar surface area (TPSA) is 104 Å². The van der Waals surface area contributed by atoms with Crippen LogP contribution in [-0.4, -0.2) is 69.4 Å². The average Bonchev–Trinajstić information content (AvgIpc) is 2.76. The molecular formula is C19H25ClN6O3. The predicted molar refractivity (Wildman–Crippen MR) is 108 cm³/mol. The molecule has 1 amide bonds. The lowest BCUT2D eigenvalue weighted by molar-refractivity contribution is -0.0924. The number of carbonyl (C=O) groups is 1. The van der Waals surface area contributed by atoms with Crippen LogP contribution in [-0.2, 0) is 11.3 Å². The Kier molecular flexibility index (Phi) is 6.96. The minimum absolute atomic E-state index is 0. The molecule has 2 fully saturated rings. The summed E-state index contributed by atoms with van der Waals surface area (Å²) in [6, 6.07) is 4.08. The van der Waals surface area contributed by atoms with Crippen molar-refractivity contribution in [3.8, 4) is 0 Å². The highest BCUT2D eigenvalue weighted by atomic mass is 35.5. The number of nitrogens with zero attached hydrogens (tertiary/aromatic N) is 5. The fourth-order valence-corrected chi connectivity index (χ4v) is 3.85. The highest BCUT2D eigenvalue weighted by Gasteiger charge is 2.40. The van der Waals surface area contributed by atoms with Gasteiger partial charge in [-0.05, 0) is 24.5 Å². The van der Waals surface area contributed by atoms with Gasteiger partial charge in [0.2, 0.25) is 5.95 Å². The number of rotatable bonds is 4. The lowest BCUT2D eigenvalue weighted by Gasteiger charge is -2.47. The molecule has 0 aromatic carbocycles. The van der Waals surface area contributed by atoms with E-state index in [0.29, 0.717) is 19.1 Å². The van der Waals surface area contributed by atoms with Gasteiger partial charge in [-0.1, -0.05) is 6.07 Å². The van der Waals surface area contributed by atoms with Gasteiger partial charge in [-0.25, -0.2) is 15.4 Å². The van der Waals surface area contributed by atoms with Crippen molar-refractivity contribution in [1.82, 2.24) is 25.3 Å². The number of morpholine rings is 1. The Hall–Kier alpha value is -2.33. The molecule has 9 nitrogen and oxygen atoms in total. The predicted octanol–water partition coefficient (Wildman–Crippen LogP) is 1.28. The molecule has 2 aliphatic rings. The molecule has 0 atom stereocenters. The third kappa shape index (κ3) is 4.99. The summed E-state index contributed by atoms with van der Waals surface area (Å²) in [7, 11) is 0. The molecule has 0 saturated carbocycles. The summed E-state index contributed by atoms with van der Waals surface area (Å²) in [4.78, 5) is 28.7. The van der Waals surface area contributed by atoms with Crippen molar-refractivity contribution in [3.63, 3.8) is 0 Å². The van der Waals surface area contributed by atoms with Gasteiger partial charge in [0.1, 0.15) is 0 Å². The Labute approximate surface area is 175 Å². The normalized spacial score (nSPS) is 18.9. The van der Waals surface area contributed by atoms with Gasteiger partial charge < -0.3 is 9.64 Å². The van der Waals surface area contributed by atoms with Crippen LogP contribution in [0.2, 0.25) is 0 Å². The number of halogens is 1. The van der Waals surface area contributed by atoms with Gasteiger partial charge in [0.05, 0.1) is 24.3 Å². The Bertz CT molecular complexity index is 799. The maximum absolute atomic E-state index is 11.4. The summed E-state index contributed by atoms with van der Waals surface area (Å²) in [5.41, 5.74) is 2.85. The molecule has 2 aromatic heterocycles. The number of hydrogen-bond acceptors (Lipinski definition) is 8.